The van der Waals surface area contributed by atoms with Gasteiger partial charge in [-0.1, -0.05) is 29.8 Å². The number of benzene rings is 3. The van der Waals surface area contributed by atoms with Crippen LogP contribution in [0, 0.1) is 0 Å². The zero-order chi connectivity index (χ0) is 24.5. The summed E-state index contributed by atoms with van der Waals surface area (Å²) in [6, 6.07) is 25.8. The van der Waals surface area contributed by atoms with Crippen molar-refractivity contribution in [3.8, 4) is 23.1 Å². The van der Waals surface area contributed by atoms with E-state index in [0.29, 0.717) is 41.9 Å². The molecule has 0 radical (unpaired) electrons. The summed E-state index contributed by atoms with van der Waals surface area (Å²) < 4.78 is 16.8. The first kappa shape index (κ1) is 24.3. The normalized spacial score (nSPS) is 10.6. The van der Waals surface area contributed by atoms with Gasteiger partial charge in [-0.05, 0) is 79.2 Å². The zero-order valence-electron chi connectivity index (χ0n) is 19.2. The summed E-state index contributed by atoms with van der Waals surface area (Å²) >= 11 is 5.91. The van der Waals surface area contributed by atoms with Crippen LogP contribution < -0.4 is 14.8 Å². The number of nitrogens with zero attached hydrogens (tertiary/aromatic N) is 1. The zero-order valence-corrected chi connectivity index (χ0v) is 20.0. The van der Waals surface area contributed by atoms with E-state index in [0.717, 1.165) is 22.6 Å². The highest BCUT2D eigenvalue weighted by molar-refractivity contribution is 6.30. The molecular formula is C28H25ClN2O4. The van der Waals surface area contributed by atoms with Crippen LogP contribution in [0.2, 0.25) is 5.02 Å². The van der Waals surface area contributed by atoms with E-state index in [1.807, 2.05) is 48.5 Å². The van der Waals surface area contributed by atoms with Crippen molar-refractivity contribution in [1.29, 1.82) is 0 Å². The molecule has 0 aliphatic heterocycles. The van der Waals surface area contributed by atoms with Crippen molar-refractivity contribution < 1.29 is 19.0 Å². The number of aromatic nitrogens is 1. The van der Waals surface area contributed by atoms with Crippen molar-refractivity contribution in [2.75, 3.05) is 6.61 Å². The molecule has 4 rings (SSSR count). The van der Waals surface area contributed by atoms with Gasteiger partial charge in [-0.25, -0.2) is 9.78 Å². The van der Waals surface area contributed by atoms with Crippen LogP contribution in [0.15, 0.2) is 91.1 Å². The fourth-order valence-electron chi connectivity index (χ4n) is 3.29. The highest BCUT2D eigenvalue weighted by Crippen LogP contribution is 2.25. The maximum absolute atomic E-state index is 11.8. The Bertz CT molecular complexity index is 1240. The molecule has 3 aromatic carbocycles. The van der Waals surface area contributed by atoms with E-state index in [-0.39, 0.29) is 5.97 Å². The average molecular weight is 489 g/mol. The Morgan fingerprint density at radius 3 is 2.14 bits per heavy atom. The van der Waals surface area contributed by atoms with Gasteiger partial charge in [0.25, 0.3) is 0 Å². The lowest BCUT2D eigenvalue weighted by atomic mass is 10.2. The molecule has 178 valence electrons. The van der Waals surface area contributed by atoms with Crippen molar-refractivity contribution in [2.45, 2.75) is 20.0 Å². The third-order valence-electron chi connectivity index (χ3n) is 5.05. The summed E-state index contributed by atoms with van der Waals surface area (Å²) in [7, 11) is 0. The summed E-state index contributed by atoms with van der Waals surface area (Å²) in [4.78, 5) is 16.2. The topological polar surface area (TPSA) is 69.7 Å². The van der Waals surface area contributed by atoms with Crippen molar-refractivity contribution in [3.05, 3.63) is 113 Å². The Morgan fingerprint density at radius 2 is 1.46 bits per heavy atom. The molecule has 35 heavy (non-hydrogen) atoms. The number of ether oxygens (including phenoxy) is 3. The van der Waals surface area contributed by atoms with Gasteiger partial charge in [-0.3, -0.25) is 0 Å². The second kappa shape index (κ2) is 12.0. The van der Waals surface area contributed by atoms with Gasteiger partial charge in [-0.2, -0.15) is 0 Å². The molecule has 7 heteroatoms. The van der Waals surface area contributed by atoms with Crippen LogP contribution in [0.1, 0.15) is 28.4 Å². The number of pyridine rings is 1. The molecule has 0 saturated carbocycles. The van der Waals surface area contributed by atoms with Crippen LogP contribution >= 0.6 is 11.6 Å². The Kier molecular flexibility index (Phi) is 8.33. The van der Waals surface area contributed by atoms with Gasteiger partial charge in [0.1, 0.15) is 17.2 Å². The summed E-state index contributed by atoms with van der Waals surface area (Å²) in [5.41, 5.74) is 2.52. The van der Waals surface area contributed by atoms with Gasteiger partial charge in [0.15, 0.2) is 0 Å². The monoisotopic (exact) mass is 488 g/mol. The predicted molar refractivity (Wildman–Crippen MR) is 135 cm³/mol. The largest absolute Gasteiger partial charge is 0.462 e. The highest BCUT2D eigenvalue weighted by atomic mass is 35.5. The molecule has 4 aromatic rings. The van der Waals surface area contributed by atoms with Gasteiger partial charge in [0, 0.05) is 29.9 Å². The summed E-state index contributed by atoms with van der Waals surface area (Å²) in [6.45, 7) is 3.36. The third kappa shape index (κ3) is 7.06. The molecule has 0 bridgehead atoms. The second-order valence-corrected chi connectivity index (χ2v) is 8.05. The van der Waals surface area contributed by atoms with Crippen LogP contribution in [0.5, 0.6) is 23.1 Å². The molecule has 0 spiro atoms. The molecule has 0 aliphatic rings. The van der Waals surface area contributed by atoms with E-state index in [1.165, 1.54) is 0 Å². The Morgan fingerprint density at radius 1 is 0.829 bits per heavy atom. The molecule has 0 fully saturated rings. The molecule has 1 heterocycles. The molecule has 1 N–H and O–H groups in total. The van der Waals surface area contributed by atoms with E-state index in [4.69, 9.17) is 25.8 Å². The first-order valence-electron chi connectivity index (χ1n) is 11.2. The maximum Gasteiger partial charge on any atom is 0.338 e. The van der Waals surface area contributed by atoms with E-state index in [1.54, 1.807) is 49.5 Å². The minimum Gasteiger partial charge on any atom is -0.462 e. The molecule has 0 unspecified atom stereocenters. The Balaban J connectivity index is 1.31. The van der Waals surface area contributed by atoms with Crippen molar-refractivity contribution in [3.63, 3.8) is 0 Å². The number of carbonyl (C=O) groups is 1. The number of carbonyl (C=O) groups excluding carboxylic acids is 1. The average Bonchev–Trinajstić information content (AvgIpc) is 2.88. The van der Waals surface area contributed by atoms with Gasteiger partial charge in [-0.15, -0.1) is 0 Å². The molecule has 0 atom stereocenters. The molecule has 0 saturated heterocycles. The fraction of sp³-hybridized carbons (Fsp3) is 0.143. The van der Waals surface area contributed by atoms with Gasteiger partial charge in [0.2, 0.25) is 5.88 Å². The number of hydrogen-bond donors (Lipinski definition) is 1. The first-order valence-corrected chi connectivity index (χ1v) is 11.6. The van der Waals surface area contributed by atoms with Gasteiger partial charge < -0.3 is 19.5 Å². The number of hydrogen-bond acceptors (Lipinski definition) is 6. The van der Waals surface area contributed by atoms with Crippen LogP contribution in [-0.4, -0.2) is 17.6 Å². The minimum absolute atomic E-state index is 0.336. The first-order chi connectivity index (χ1) is 17.1. The lowest BCUT2D eigenvalue weighted by Crippen LogP contribution is -2.13. The summed E-state index contributed by atoms with van der Waals surface area (Å²) in [5.74, 6) is 2.24. The number of halogens is 1. The van der Waals surface area contributed by atoms with Crippen LogP contribution in [0.4, 0.5) is 0 Å². The standard InChI is InChI=1S/C28H25ClN2O4/c1-2-33-28(32)21-7-13-26(14-8-21)35-27-22(4-3-17-31-27)19-30-18-20-5-11-24(12-6-20)34-25-15-9-23(29)10-16-25/h3-17,30H,2,18-19H2,1H3. The van der Waals surface area contributed by atoms with Crippen molar-refractivity contribution in [2.24, 2.45) is 0 Å². The predicted octanol–water partition coefficient (Wildman–Crippen LogP) is 6.79. The SMILES string of the molecule is CCOC(=O)c1ccc(Oc2ncccc2CNCc2ccc(Oc3ccc(Cl)cc3)cc2)cc1. The number of nitrogens with one attached hydrogen (secondary N) is 1. The third-order valence-corrected chi connectivity index (χ3v) is 5.30. The molecular weight excluding hydrogens is 464 g/mol. The Hall–Kier alpha value is -3.87. The minimum atomic E-state index is -0.355. The lowest BCUT2D eigenvalue weighted by molar-refractivity contribution is 0.0526. The fourth-order valence-corrected chi connectivity index (χ4v) is 3.42. The molecule has 1 aromatic heterocycles. The van der Waals surface area contributed by atoms with Gasteiger partial charge in [0.05, 0.1) is 12.2 Å². The van der Waals surface area contributed by atoms with E-state index < -0.39 is 0 Å². The van der Waals surface area contributed by atoms with Crippen LogP contribution in [0.3, 0.4) is 0 Å². The Labute approximate surface area is 209 Å². The quantitative estimate of drug-likeness (QED) is 0.248. The van der Waals surface area contributed by atoms with Gasteiger partial charge >= 0.3 is 5.97 Å². The van der Waals surface area contributed by atoms with Crippen molar-refractivity contribution in [1.82, 2.24) is 10.3 Å². The number of rotatable bonds is 10. The maximum atomic E-state index is 11.8. The lowest BCUT2D eigenvalue weighted by Gasteiger charge is -2.12. The van der Waals surface area contributed by atoms with E-state index in [2.05, 4.69) is 10.3 Å². The van der Waals surface area contributed by atoms with E-state index in [9.17, 15) is 4.79 Å². The second-order valence-electron chi connectivity index (χ2n) is 7.62. The van der Waals surface area contributed by atoms with E-state index >= 15 is 0 Å². The smallest absolute Gasteiger partial charge is 0.338 e. The molecule has 6 nitrogen and oxygen atoms in total. The molecule has 0 amide bonds. The summed E-state index contributed by atoms with van der Waals surface area (Å²) in [5, 5.41) is 4.09. The van der Waals surface area contributed by atoms with Crippen LogP contribution in [-0.2, 0) is 17.8 Å². The molecule has 0 aliphatic carbocycles. The van der Waals surface area contributed by atoms with Crippen LogP contribution in [0.25, 0.3) is 0 Å². The summed E-state index contributed by atoms with van der Waals surface area (Å²) in [6.07, 6.45) is 1.69. The van der Waals surface area contributed by atoms with Crippen molar-refractivity contribution >= 4 is 17.6 Å². The number of esters is 1. The highest BCUT2D eigenvalue weighted by Gasteiger charge is 2.09.